The second-order valence-electron chi connectivity index (χ2n) is 5.65. The molecule has 1 saturated heterocycles. The number of anilines is 1. The van der Waals surface area contributed by atoms with Gasteiger partial charge in [-0.3, -0.25) is 0 Å². The van der Waals surface area contributed by atoms with Crippen LogP contribution in [0.4, 0.5) is 5.95 Å². The molecule has 1 fully saturated rings. The minimum absolute atomic E-state index is 0.106. The van der Waals surface area contributed by atoms with Gasteiger partial charge in [-0.25, -0.2) is 23.1 Å². The van der Waals surface area contributed by atoms with E-state index in [1.165, 1.54) is 0 Å². The fraction of sp³-hybridized carbons (Fsp3) is 0.375. The van der Waals surface area contributed by atoms with Crippen LogP contribution in [0.2, 0.25) is 5.02 Å². The number of nitrogens with zero attached hydrogens (tertiary/aromatic N) is 3. The Balaban J connectivity index is 1.61. The quantitative estimate of drug-likeness (QED) is 0.816. The molecule has 2 aromatic rings. The summed E-state index contributed by atoms with van der Waals surface area (Å²) in [5, 5.41) is 0.575. The van der Waals surface area contributed by atoms with Gasteiger partial charge in [-0.1, -0.05) is 23.7 Å². The van der Waals surface area contributed by atoms with Crippen LogP contribution >= 0.6 is 11.6 Å². The SMILES string of the molecule is O=S(=O)(Cc1ccc(Cl)cc1)NCc1ccnc(N2CCOCC2)n1. The van der Waals surface area contributed by atoms with Crippen molar-refractivity contribution in [1.82, 2.24) is 14.7 Å². The molecular weight excluding hydrogens is 364 g/mol. The normalized spacial score (nSPS) is 15.3. The van der Waals surface area contributed by atoms with Crippen molar-refractivity contribution in [3.63, 3.8) is 0 Å². The maximum Gasteiger partial charge on any atom is 0.225 e. The molecule has 0 unspecified atom stereocenters. The molecule has 0 bridgehead atoms. The molecule has 1 aromatic heterocycles. The second-order valence-corrected chi connectivity index (χ2v) is 7.90. The van der Waals surface area contributed by atoms with Crippen LogP contribution in [0.15, 0.2) is 36.5 Å². The van der Waals surface area contributed by atoms with E-state index in [2.05, 4.69) is 14.7 Å². The van der Waals surface area contributed by atoms with Gasteiger partial charge in [0.05, 0.1) is 31.2 Å². The molecule has 25 heavy (non-hydrogen) atoms. The zero-order valence-corrected chi connectivity index (χ0v) is 15.1. The molecule has 7 nitrogen and oxygen atoms in total. The number of halogens is 1. The number of nitrogens with one attached hydrogen (secondary N) is 1. The monoisotopic (exact) mass is 382 g/mol. The van der Waals surface area contributed by atoms with E-state index in [0.29, 0.717) is 35.4 Å². The maximum atomic E-state index is 12.2. The third-order valence-electron chi connectivity index (χ3n) is 3.74. The molecule has 0 saturated carbocycles. The molecule has 0 atom stereocenters. The van der Waals surface area contributed by atoms with Gasteiger partial charge in [0.25, 0.3) is 0 Å². The van der Waals surface area contributed by atoms with Gasteiger partial charge in [0, 0.05) is 24.3 Å². The Morgan fingerprint density at radius 3 is 2.60 bits per heavy atom. The summed E-state index contributed by atoms with van der Waals surface area (Å²) in [7, 11) is -3.47. The van der Waals surface area contributed by atoms with E-state index in [1.807, 2.05) is 4.90 Å². The Morgan fingerprint density at radius 2 is 1.88 bits per heavy atom. The highest BCUT2D eigenvalue weighted by molar-refractivity contribution is 7.88. The molecule has 2 heterocycles. The highest BCUT2D eigenvalue weighted by Gasteiger charge is 2.15. The van der Waals surface area contributed by atoms with Crippen molar-refractivity contribution in [3.8, 4) is 0 Å². The molecule has 134 valence electrons. The average Bonchev–Trinajstić information content (AvgIpc) is 2.63. The third-order valence-corrected chi connectivity index (χ3v) is 5.29. The van der Waals surface area contributed by atoms with Crippen LogP contribution in [-0.4, -0.2) is 44.7 Å². The lowest BCUT2D eigenvalue weighted by atomic mass is 10.2. The Bertz CT molecular complexity index is 808. The summed E-state index contributed by atoms with van der Waals surface area (Å²) in [6.07, 6.45) is 1.64. The maximum absolute atomic E-state index is 12.2. The van der Waals surface area contributed by atoms with Crippen molar-refractivity contribution in [3.05, 3.63) is 52.8 Å². The van der Waals surface area contributed by atoms with Crippen LogP contribution in [-0.2, 0) is 27.1 Å². The summed E-state index contributed by atoms with van der Waals surface area (Å²) in [5.74, 6) is 0.490. The van der Waals surface area contributed by atoms with Crippen molar-refractivity contribution < 1.29 is 13.2 Å². The van der Waals surface area contributed by atoms with Crippen LogP contribution in [0.5, 0.6) is 0 Å². The lowest BCUT2D eigenvalue weighted by molar-refractivity contribution is 0.122. The zero-order valence-electron chi connectivity index (χ0n) is 13.6. The summed E-state index contributed by atoms with van der Waals surface area (Å²) >= 11 is 5.81. The molecule has 9 heteroatoms. The van der Waals surface area contributed by atoms with E-state index in [4.69, 9.17) is 16.3 Å². The van der Waals surface area contributed by atoms with Crippen molar-refractivity contribution in [2.24, 2.45) is 0 Å². The third kappa shape index (κ3) is 5.37. The van der Waals surface area contributed by atoms with Gasteiger partial charge in [-0.2, -0.15) is 0 Å². The van der Waals surface area contributed by atoms with Gasteiger partial charge >= 0.3 is 0 Å². The number of sulfonamides is 1. The minimum Gasteiger partial charge on any atom is -0.378 e. The van der Waals surface area contributed by atoms with Gasteiger partial charge in [0.2, 0.25) is 16.0 Å². The number of morpholine rings is 1. The van der Waals surface area contributed by atoms with E-state index in [0.717, 1.165) is 13.1 Å². The summed E-state index contributed by atoms with van der Waals surface area (Å²) in [6.45, 7) is 2.86. The van der Waals surface area contributed by atoms with Crippen LogP contribution in [0.3, 0.4) is 0 Å². The van der Waals surface area contributed by atoms with Gasteiger partial charge in [-0.15, -0.1) is 0 Å². The number of hydrogen-bond donors (Lipinski definition) is 1. The lowest BCUT2D eigenvalue weighted by Crippen LogP contribution is -2.37. The van der Waals surface area contributed by atoms with E-state index in [-0.39, 0.29) is 12.3 Å². The zero-order chi connectivity index (χ0) is 17.7. The Hall–Kier alpha value is -1.74. The van der Waals surface area contributed by atoms with Crippen LogP contribution in [0.1, 0.15) is 11.3 Å². The van der Waals surface area contributed by atoms with Gasteiger partial charge < -0.3 is 9.64 Å². The molecular formula is C16H19ClN4O3S. The van der Waals surface area contributed by atoms with Crippen molar-refractivity contribution in [2.45, 2.75) is 12.3 Å². The molecule has 0 radical (unpaired) electrons. The van der Waals surface area contributed by atoms with E-state index in [1.54, 1.807) is 36.5 Å². The predicted octanol–water partition coefficient (Wildman–Crippen LogP) is 1.59. The van der Waals surface area contributed by atoms with E-state index >= 15 is 0 Å². The smallest absolute Gasteiger partial charge is 0.225 e. The Labute approximate surface area is 152 Å². The summed E-state index contributed by atoms with van der Waals surface area (Å²) in [5.41, 5.74) is 1.30. The molecule has 3 rings (SSSR count). The minimum atomic E-state index is -3.47. The molecule has 0 spiro atoms. The highest BCUT2D eigenvalue weighted by atomic mass is 35.5. The van der Waals surface area contributed by atoms with Gasteiger partial charge in [0.1, 0.15) is 0 Å². The van der Waals surface area contributed by atoms with E-state index in [9.17, 15) is 8.42 Å². The first-order valence-corrected chi connectivity index (χ1v) is 9.91. The topological polar surface area (TPSA) is 84.4 Å². The molecule has 1 N–H and O–H groups in total. The van der Waals surface area contributed by atoms with Crippen LogP contribution < -0.4 is 9.62 Å². The summed E-state index contributed by atoms with van der Waals surface area (Å²) in [6, 6.07) is 8.44. The first kappa shape index (κ1) is 18.1. The molecule has 0 amide bonds. The van der Waals surface area contributed by atoms with Gasteiger partial charge in [0.15, 0.2) is 0 Å². The first-order valence-electron chi connectivity index (χ1n) is 7.88. The fourth-order valence-electron chi connectivity index (χ4n) is 2.43. The molecule has 1 aliphatic rings. The molecule has 1 aromatic carbocycles. The largest absolute Gasteiger partial charge is 0.378 e. The molecule has 0 aliphatic carbocycles. The Kier molecular flexibility index (Phi) is 5.85. The summed E-state index contributed by atoms with van der Waals surface area (Å²) < 4.78 is 32.3. The summed E-state index contributed by atoms with van der Waals surface area (Å²) in [4.78, 5) is 10.7. The predicted molar refractivity (Wildman–Crippen MR) is 96.0 cm³/mol. The number of rotatable bonds is 6. The Morgan fingerprint density at radius 1 is 1.16 bits per heavy atom. The highest BCUT2D eigenvalue weighted by Crippen LogP contribution is 2.13. The van der Waals surface area contributed by atoms with Gasteiger partial charge in [-0.05, 0) is 23.8 Å². The first-order chi connectivity index (χ1) is 12.0. The van der Waals surface area contributed by atoms with Crippen molar-refractivity contribution >= 4 is 27.6 Å². The lowest BCUT2D eigenvalue weighted by Gasteiger charge is -2.26. The van der Waals surface area contributed by atoms with E-state index < -0.39 is 10.0 Å². The molecule has 1 aliphatic heterocycles. The fourth-order valence-corrected chi connectivity index (χ4v) is 3.66. The number of ether oxygens (including phenoxy) is 1. The number of benzene rings is 1. The number of hydrogen-bond acceptors (Lipinski definition) is 6. The standard InChI is InChI=1S/C16H19ClN4O3S/c17-14-3-1-13(2-4-14)12-25(22,23)19-11-15-5-6-18-16(20-15)21-7-9-24-10-8-21/h1-6,19H,7-12H2. The van der Waals surface area contributed by atoms with Crippen LogP contribution in [0, 0.1) is 0 Å². The number of aromatic nitrogens is 2. The van der Waals surface area contributed by atoms with Crippen molar-refractivity contribution in [1.29, 1.82) is 0 Å². The van der Waals surface area contributed by atoms with Crippen molar-refractivity contribution in [2.75, 3.05) is 31.2 Å². The second kappa shape index (κ2) is 8.09. The van der Waals surface area contributed by atoms with Crippen LogP contribution in [0.25, 0.3) is 0 Å². The average molecular weight is 383 g/mol.